The first-order valence-electron chi connectivity index (χ1n) is 6.37. The Hall–Kier alpha value is -1.97. The Morgan fingerprint density at radius 3 is 2.64 bits per heavy atom. The molecular formula is C13H18N2O6S. The number of esters is 1. The van der Waals surface area contributed by atoms with Gasteiger partial charge in [-0.2, -0.15) is 0 Å². The van der Waals surface area contributed by atoms with Crippen LogP contribution in [0.25, 0.3) is 0 Å². The first-order chi connectivity index (χ1) is 10.4. The molecule has 1 aromatic rings. The largest absolute Gasteiger partial charge is 0.452 e. The van der Waals surface area contributed by atoms with Gasteiger partial charge in [0, 0.05) is 13.7 Å². The maximum absolute atomic E-state index is 11.8. The maximum atomic E-state index is 11.8. The zero-order chi connectivity index (χ0) is 16.6. The molecular weight excluding hydrogens is 312 g/mol. The Morgan fingerprint density at radius 2 is 2.00 bits per heavy atom. The molecule has 0 unspecified atom stereocenters. The number of hydrogen-bond acceptors (Lipinski definition) is 6. The molecule has 0 saturated carbocycles. The summed E-state index contributed by atoms with van der Waals surface area (Å²) in [6.07, 6.45) is 0. The first kappa shape index (κ1) is 18.1. The van der Waals surface area contributed by atoms with Gasteiger partial charge in [0.15, 0.2) is 6.61 Å². The Kier molecular flexibility index (Phi) is 6.96. The van der Waals surface area contributed by atoms with E-state index < -0.39 is 28.5 Å². The number of carbonyl (C=O) groups is 2. The van der Waals surface area contributed by atoms with E-state index in [9.17, 15) is 18.0 Å². The standard InChI is InChI=1S/C13H18N2O6S/c1-14-22(18,19)11-5-3-4-10(8-11)13(17)21-9-12(16)15-6-7-20-2/h3-5,8,14H,6-7,9H2,1-2H3,(H,15,16). The van der Waals surface area contributed by atoms with Crippen molar-refractivity contribution in [1.29, 1.82) is 0 Å². The SMILES string of the molecule is CNS(=O)(=O)c1cccc(C(=O)OCC(=O)NCCOC)c1. The van der Waals surface area contributed by atoms with Crippen molar-refractivity contribution in [2.45, 2.75) is 4.90 Å². The highest BCUT2D eigenvalue weighted by atomic mass is 32.2. The molecule has 2 N–H and O–H groups in total. The van der Waals surface area contributed by atoms with Crippen molar-refractivity contribution in [3.63, 3.8) is 0 Å². The second-order valence-electron chi connectivity index (χ2n) is 4.15. The van der Waals surface area contributed by atoms with Crippen molar-refractivity contribution < 1.29 is 27.5 Å². The number of amides is 1. The molecule has 1 rings (SSSR count). The van der Waals surface area contributed by atoms with Crippen molar-refractivity contribution in [2.24, 2.45) is 0 Å². The quantitative estimate of drug-likeness (QED) is 0.492. The van der Waals surface area contributed by atoms with Gasteiger partial charge in [-0.05, 0) is 25.2 Å². The van der Waals surface area contributed by atoms with Crippen LogP contribution in [0.5, 0.6) is 0 Å². The molecule has 0 radical (unpaired) electrons. The predicted octanol–water partition coefficient (Wildman–Crippen LogP) is -0.486. The van der Waals surface area contributed by atoms with Crippen LogP contribution in [0.1, 0.15) is 10.4 Å². The third-order valence-electron chi connectivity index (χ3n) is 2.61. The molecule has 0 aliphatic carbocycles. The van der Waals surface area contributed by atoms with Gasteiger partial charge in [-0.25, -0.2) is 17.9 Å². The fraction of sp³-hybridized carbons (Fsp3) is 0.385. The Labute approximate surface area is 128 Å². The van der Waals surface area contributed by atoms with Crippen LogP contribution < -0.4 is 10.0 Å². The second kappa shape index (κ2) is 8.47. The highest BCUT2D eigenvalue weighted by Gasteiger charge is 2.15. The molecule has 8 nitrogen and oxygen atoms in total. The van der Waals surface area contributed by atoms with Gasteiger partial charge in [0.25, 0.3) is 5.91 Å². The van der Waals surface area contributed by atoms with Gasteiger partial charge in [0.2, 0.25) is 10.0 Å². The maximum Gasteiger partial charge on any atom is 0.338 e. The molecule has 1 amide bonds. The number of carbonyl (C=O) groups excluding carboxylic acids is 2. The summed E-state index contributed by atoms with van der Waals surface area (Å²) >= 11 is 0. The molecule has 9 heteroatoms. The normalized spacial score (nSPS) is 11.0. The number of methoxy groups -OCH3 is 1. The zero-order valence-electron chi connectivity index (χ0n) is 12.3. The molecule has 0 spiro atoms. The van der Waals surface area contributed by atoms with E-state index in [4.69, 9.17) is 9.47 Å². The number of rotatable bonds is 8. The van der Waals surface area contributed by atoms with Gasteiger partial charge < -0.3 is 14.8 Å². The topological polar surface area (TPSA) is 111 Å². The van der Waals surface area contributed by atoms with Crippen LogP contribution in [0, 0.1) is 0 Å². The first-order valence-corrected chi connectivity index (χ1v) is 7.85. The van der Waals surface area contributed by atoms with E-state index in [1.165, 1.54) is 38.4 Å². The van der Waals surface area contributed by atoms with Crippen molar-refractivity contribution >= 4 is 21.9 Å². The summed E-state index contributed by atoms with van der Waals surface area (Å²) in [5, 5.41) is 2.49. The lowest BCUT2D eigenvalue weighted by molar-refractivity contribution is -0.124. The average molecular weight is 330 g/mol. The summed E-state index contributed by atoms with van der Waals surface area (Å²) in [5.41, 5.74) is 0.0426. The zero-order valence-corrected chi connectivity index (χ0v) is 13.1. The van der Waals surface area contributed by atoms with E-state index in [1.807, 2.05) is 0 Å². The fourth-order valence-corrected chi connectivity index (χ4v) is 2.24. The number of nitrogens with one attached hydrogen (secondary N) is 2. The molecule has 22 heavy (non-hydrogen) atoms. The van der Waals surface area contributed by atoms with Gasteiger partial charge >= 0.3 is 5.97 Å². The van der Waals surface area contributed by atoms with Crippen molar-refractivity contribution in [3.8, 4) is 0 Å². The molecule has 0 aliphatic rings. The molecule has 122 valence electrons. The lowest BCUT2D eigenvalue weighted by Gasteiger charge is -2.07. The molecule has 0 aliphatic heterocycles. The summed E-state index contributed by atoms with van der Waals surface area (Å²) in [4.78, 5) is 23.1. The van der Waals surface area contributed by atoms with Crippen LogP contribution in [-0.4, -0.2) is 54.2 Å². The second-order valence-corrected chi connectivity index (χ2v) is 6.04. The van der Waals surface area contributed by atoms with Crippen LogP contribution in [0.2, 0.25) is 0 Å². The summed E-state index contributed by atoms with van der Waals surface area (Å²) in [6, 6.07) is 5.34. The van der Waals surface area contributed by atoms with Crippen LogP contribution >= 0.6 is 0 Å². The summed E-state index contributed by atoms with van der Waals surface area (Å²) < 4.78 is 35.0. The molecule has 0 aromatic heterocycles. The Bertz CT molecular complexity index is 629. The third-order valence-corrected chi connectivity index (χ3v) is 4.02. The van der Waals surface area contributed by atoms with Crippen LogP contribution in [0.15, 0.2) is 29.2 Å². The monoisotopic (exact) mass is 330 g/mol. The lowest BCUT2D eigenvalue weighted by Crippen LogP contribution is -2.31. The Balaban J connectivity index is 2.63. The van der Waals surface area contributed by atoms with E-state index in [0.29, 0.717) is 13.2 Å². The fourth-order valence-electron chi connectivity index (χ4n) is 1.47. The van der Waals surface area contributed by atoms with E-state index in [1.54, 1.807) is 0 Å². The van der Waals surface area contributed by atoms with Crippen molar-refractivity contribution in [2.75, 3.05) is 33.9 Å². The number of benzene rings is 1. The minimum absolute atomic E-state index is 0.0426. The average Bonchev–Trinajstić information content (AvgIpc) is 2.53. The number of hydrogen-bond donors (Lipinski definition) is 2. The molecule has 1 aromatic carbocycles. The summed E-state index contributed by atoms with van der Waals surface area (Å²) in [7, 11) is -0.884. The summed E-state index contributed by atoms with van der Waals surface area (Å²) in [6.45, 7) is 0.206. The van der Waals surface area contributed by atoms with Crippen LogP contribution in [-0.2, 0) is 24.3 Å². The van der Waals surface area contributed by atoms with Gasteiger partial charge in [-0.3, -0.25) is 4.79 Å². The van der Waals surface area contributed by atoms with Crippen LogP contribution in [0.3, 0.4) is 0 Å². The Morgan fingerprint density at radius 1 is 1.27 bits per heavy atom. The molecule has 0 saturated heterocycles. The number of sulfonamides is 1. The van der Waals surface area contributed by atoms with Gasteiger partial charge in [0.05, 0.1) is 17.1 Å². The van der Waals surface area contributed by atoms with E-state index in [-0.39, 0.29) is 10.5 Å². The molecule has 0 atom stereocenters. The lowest BCUT2D eigenvalue weighted by atomic mass is 10.2. The highest BCUT2D eigenvalue weighted by molar-refractivity contribution is 7.89. The van der Waals surface area contributed by atoms with Gasteiger partial charge in [0.1, 0.15) is 0 Å². The van der Waals surface area contributed by atoms with E-state index >= 15 is 0 Å². The highest BCUT2D eigenvalue weighted by Crippen LogP contribution is 2.12. The molecule has 0 heterocycles. The molecule has 0 bridgehead atoms. The third kappa shape index (κ3) is 5.43. The van der Waals surface area contributed by atoms with Gasteiger partial charge in [-0.15, -0.1) is 0 Å². The minimum Gasteiger partial charge on any atom is -0.452 e. The van der Waals surface area contributed by atoms with Gasteiger partial charge in [-0.1, -0.05) is 6.07 Å². The van der Waals surface area contributed by atoms with E-state index in [0.717, 1.165) is 0 Å². The van der Waals surface area contributed by atoms with Crippen LogP contribution in [0.4, 0.5) is 0 Å². The van der Waals surface area contributed by atoms with Crippen molar-refractivity contribution in [3.05, 3.63) is 29.8 Å². The smallest absolute Gasteiger partial charge is 0.338 e. The van der Waals surface area contributed by atoms with E-state index in [2.05, 4.69) is 10.0 Å². The van der Waals surface area contributed by atoms with Crippen molar-refractivity contribution in [1.82, 2.24) is 10.0 Å². The summed E-state index contributed by atoms with van der Waals surface area (Å²) in [5.74, 6) is -1.25. The minimum atomic E-state index is -3.65. The predicted molar refractivity (Wildman–Crippen MR) is 77.9 cm³/mol. The number of ether oxygens (including phenoxy) is 2. The molecule has 0 fully saturated rings.